The lowest BCUT2D eigenvalue weighted by molar-refractivity contribution is -0.384. The van der Waals surface area contributed by atoms with Crippen LogP contribution in [0.15, 0.2) is 36.5 Å². The first-order chi connectivity index (χ1) is 9.47. The van der Waals surface area contributed by atoms with E-state index in [9.17, 15) is 10.1 Å². The van der Waals surface area contributed by atoms with Crippen LogP contribution in [0.4, 0.5) is 5.69 Å². The van der Waals surface area contributed by atoms with E-state index in [-0.39, 0.29) is 11.7 Å². The zero-order valence-corrected chi connectivity index (χ0v) is 11.2. The van der Waals surface area contributed by atoms with Gasteiger partial charge in [-0.25, -0.2) is 0 Å². The van der Waals surface area contributed by atoms with E-state index in [0.717, 1.165) is 11.3 Å². The van der Waals surface area contributed by atoms with Crippen LogP contribution in [0.5, 0.6) is 11.5 Å². The summed E-state index contributed by atoms with van der Waals surface area (Å²) >= 11 is 0. The topological polar surface area (TPSA) is 91.3 Å². The van der Waals surface area contributed by atoms with E-state index in [1.165, 1.54) is 12.1 Å². The van der Waals surface area contributed by atoms with Crippen molar-refractivity contribution in [1.82, 2.24) is 4.98 Å². The summed E-state index contributed by atoms with van der Waals surface area (Å²) in [6.45, 7) is 3.66. The lowest BCUT2D eigenvalue weighted by Gasteiger charge is -2.09. The molecule has 0 spiro atoms. The fourth-order valence-electron chi connectivity index (χ4n) is 1.66. The van der Waals surface area contributed by atoms with Crippen molar-refractivity contribution in [2.45, 2.75) is 19.9 Å². The van der Waals surface area contributed by atoms with Crippen LogP contribution < -0.4 is 10.5 Å². The molecule has 0 radical (unpaired) electrons. The third-order valence-electron chi connectivity index (χ3n) is 2.84. The number of hydrogen-bond donors (Lipinski definition) is 1. The number of hydrogen-bond acceptors (Lipinski definition) is 5. The fourth-order valence-corrected chi connectivity index (χ4v) is 1.66. The molecule has 6 heteroatoms. The van der Waals surface area contributed by atoms with Crippen LogP contribution in [0.2, 0.25) is 0 Å². The number of benzene rings is 1. The molecular weight excluding hydrogens is 258 g/mol. The molecule has 1 aromatic carbocycles. The lowest BCUT2D eigenvalue weighted by Crippen LogP contribution is -2.06. The first kappa shape index (κ1) is 14.0. The molecule has 2 aromatic rings. The molecule has 6 nitrogen and oxygen atoms in total. The van der Waals surface area contributed by atoms with Crippen molar-refractivity contribution in [3.05, 3.63) is 57.9 Å². The Morgan fingerprint density at radius 1 is 1.35 bits per heavy atom. The lowest BCUT2D eigenvalue weighted by atomic mass is 10.2. The predicted octanol–water partition coefficient (Wildman–Crippen LogP) is 3.11. The second kappa shape index (κ2) is 5.66. The van der Waals surface area contributed by atoms with Crippen molar-refractivity contribution in [3.63, 3.8) is 0 Å². The van der Waals surface area contributed by atoms with Gasteiger partial charge in [0.15, 0.2) is 0 Å². The van der Waals surface area contributed by atoms with Crippen LogP contribution in [-0.4, -0.2) is 9.91 Å². The van der Waals surface area contributed by atoms with Gasteiger partial charge in [0.2, 0.25) is 0 Å². The smallest absolute Gasteiger partial charge is 0.273 e. The van der Waals surface area contributed by atoms with Crippen LogP contribution in [0, 0.1) is 17.0 Å². The Labute approximate surface area is 116 Å². The highest BCUT2D eigenvalue weighted by atomic mass is 16.6. The van der Waals surface area contributed by atoms with E-state index in [1.54, 1.807) is 24.4 Å². The normalized spacial score (nSPS) is 11.9. The average molecular weight is 273 g/mol. The van der Waals surface area contributed by atoms with Gasteiger partial charge in [-0.1, -0.05) is 0 Å². The molecule has 0 aliphatic carbocycles. The van der Waals surface area contributed by atoms with Crippen molar-refractivity contribution in [2.75, 3.05) is 0 Å². The number of rotatable bonds is 4. The molecule has 2 N–H and O–H groups in total. The number of nitro benzene ring substituents is 1. The Bertz CT molecular complexity index is 624. The summed E-state index contributed by atoms with van der Waals surface area (Å²) in [6, 6.07) is 7.85. The van der Waals surface area contributed by atoms with E-state index in [0.29, 0.717) is 11.5 Å². The summed E-state index contributed by atoms with van der Waals surface area (Å²) in [4.78, 5) is 14.5. The summed E-state index contributed by atoms with van der Waals surface area (Å²) in [5.41, 5.74) is 7.28. The third kappa shape index (κ3) is 3.10. The molecule has 0 amide bonds. The summed E-state index contributed by atoms with van der Waals surface area (Å²) in [5.74, 6) is 0.951. The quantitative estimate of drug-likeness (QED) is 0.682. The van der Waals surface area contributed by atoms with Crippen molar-refractivity contribution < 1.29 is 9.66 Å². The van der Waals surface area contributed by atoms with Crippen LogP contribution in [-0.2, 0) is 0 Å². The van der Waals surface area contributed by atoms with Gasteiger partial charge < -0.3 is 10.5 Å². The number of nitrogens with two attached hydrogens (primary N) is 1. The Hall–Kier alpha value is -2.47. The molecule has 20 heavy (non-hydrogen) atoms. The first-order valence-corrected chi connectivity index (χ1v) is 6.12. The predicted molar refractivity (Wildman–Crippen MR) is 74.7 cm³/mol. The van der Waals surface area contributed by atoms with Crippen LogP contribution in [0.3, 0.4) is 0 Å². The number of pyridine rings is 1. The second-order valence-electron chi connectivity index (χ2n) is 4.52. The van der Waals surface area contributed by atoms with Gasteiger partial charge in [0.05, 0.1) is 22.9 Å². The molecule has 104 valence electrons. The molecule has 0 bridgehead atoms. The molecule has 0 aliphatic heterocycles. The second-order valence-corrected chi connectivity index (χ2v) is 4.52. The number of nitrogens with zero attached hydrogens (tertiary/aromatic N) is 2. The van der Waals surface area contributed by atoms with Crippen molar-refractivity contribution >= 4 is 5.69 Å². The number of aryl methyl sites for hydroxylation is 1. The minimum atomic E-state index is -0.455. The van der Waals surface area contributed by atoms with Crippen molar-refractivity contribution in [3.8, 4) is 11.5 Å². The highest BCUT2D eigenvalue weighted by molar-refractivity contribution is 5.45. The number of nitro groups is 1. The van der Waals surface area contributed by atoms with Crippen LogP contribution in [0.25, 0.3) is 0 Å². The molecule has 1 aromatic heterocycles. The third-order valence-corrected chi connectivity index (χ3v) is 2.84. The van der Waals surface area contributed by atoms with E-state index < -0.39 is 4.92 Å². The number of non-ortho nitro benzene ring substituents is 1. The molecular formula is C14H15N3O3. The highest BCUT2D eigenvalue weighted by Crippen LogP contribution is 2.28. The standard InChI is InChI=1S/C14H15N3O3/c1-9-3-4-11(17(18)19)7-14(9)20-12-5-6-13(10(2)15)16-8-12/h3-8,10H,15H2,1-2H3/t10-/m1/s1. The highest BCUT2D eigenvalue weighted by Gasteiger charge is 2.10. The average Bonchev–Trinajstić information content (AvgIpc) is 2.41. The summed E-state index contributed by atoms with van der Waals surface area (Å²) in [6.07, 6.45) is 1.55. The summed E-state index contributed by atoms with van der Waals surface area (Å²) in [7, 11) is 0. The Kier molecular flexibility index (Phi) is 3.95. The Morgan fingerprint density at radius 2 is 2.10 bits per heavy atom. The Morgan fingerprint density at radius 3 is 2.65 bits per heavy atom. The maximum absolute atomic E-state index is 10.8. The maximum Gasteiger partial charge on any atom is 0.273 e. The minimum Gasteiger partial charge on any atom is -0.455 e. The maximum atomic E-state index is 10.8. The SMILES string of the molecule is Cc1ccc([N+](=O)[O-])cc1Oc1ccc([C@@H](C)N)nc1. The van der Waals surface area contributed by atoms with Crippen molar-refractivity contribution in [1.29, 1.82) is 0 Å². The van der Waals surface area contributed by atoms with Gasteiger partial charge in [-0.2, -0.15) is 0 Å². The Balaban J connectivity index is 2.25. The summed E-state index contributed by atoms with van der Waals surface area (Å²) < 4.78 is 5.63. The molecule has 0 unspecified atom stereocenters. The minimum absolute atomic E-state index is 0.00856. The van der Waals surface area contributed by atoms with Gasteiger partial charge in [-0.05, 0) is 37.6 Å². The van der Waals surface area contributed by atoms with Gasteiger partial charge in [0.1, 0.15) is 11.5 Å². The molecule has 0 saturated carbocycles. The van der Waals surface area contributed by atoms with Gasteiger partial charge in [-0.3, -0.25) is 15.1 Å². The van der Waals surface area contributed by atoms with Crippen LogP contribution >= 0.6 is 0 Å². The first-order valence-electron chi connectivity index (χ1n) is 6.12. The zero-order chi connectivity index (χ0) is 14.7. The van der Waals surface area contributed by atoms with E-state index in [4.69, 9.17) is 10.5 Å². The van der Waals surface area contributed by atoms with Gasteiger partial charge in [0.25, 0.3) is 5.69 Å². The monoisotopic (exact) mass is 273 g/mol. The largest absolute Gasteiger partial charge is 0.455 e. The number of aromatic nitrogens is 1. The fraction of sp³-hybridized carbons (Fsp3) is 0.214. The van der Waals surface area contributed by atoms with E-state index in [1.807, 2.05) is 13.8 Å². The van der Waals surface area contributed by atoms with Crippen molar-refractivity contribution in [2.24, 2.45) is 5.73 Å². The molecule has 0 saturated heterocycles. The van der Waals surface area contributed by atoms with E-state index >= 15 is 0 Å². The van der Waals surface area contributed by atoms with Crippen LogP contribution in [0.1, 0.15) is 24.2 Å². The molecule has 1 atom stereocenters. The molecule has 0 fully saturated rings. The number of ether oxygens (including phenoxy) is 1. The van der Waals surface area contributed by atoms with Gasteiger partial charge in [0, 0.05) is 12.1 Å². The molecule has 2 rings (SSSR count). The van der Waals surface area contributed by atoms with E-state index in [2.05, 4.69) is 4.98 Å². The zero-order valence-electron chi connectivity index (χ0n) is 11.2. The molecule has 1 heterocycles. The van der Waals surface area contributed by atoms with Gasteiger partial charge >= 0.3 is 0 Å². The molecule has 0 aliphatic rings. The van der Waals surface area contributed by atoms with Gasteiger partial charge in [-0.15, -0.1) is 0 Å². The summed E-state index contributed by atoms with van der Waals surface area (Å²) in [5, 5.41) is 10.8.